The molecule has 0 bridgehead atoms. The normalized spacial score (nSPS) is 17.3. The largest absolute Gasteiger partial charge is 0.309 e. The summed E-state index contributed by atoms with van der Waals surface area (Å²) in [5.41, 5.74) is 20.9. The van der Waals surface area contributed by atoms with Gasteiger partial charge in [-0.1, -0.05) is 212 Å². The van der Waals surface area contributed by atoms with E-state index in [9.17, 15) is 0 Å². The zero-order chi connectivity index (χ0) is 41.0. The van der Waals surface area contributed by atoms with Gasteiger partial charge in [0.2, 0.25) is 0 Å². The maximum atomic E-state index is 2.54. The van der Waals surface area contributed by atoms with E-state index in [-0.39, 0.29) is 17.3 Å². The summed E-state index contributed by atoms with van der Waals surface area (Å²) >= 11 is 0. The predicted molar refractivity (Wildman–Crippen MR) is 259 cm³/mol. The van der Waals surface area contributed by atoms with Gasteiger partial charge in [-0.25, -0.2) is 0 Å². The van der Waals surface area contributed by atoms with E-state index in [0.29, 0.717) is 0 Å². The molecule has 0 aliphatic heterocycles. The van der Waals surface area contributed by atoms with Crippen molar-refractivity contribution in [1.29, 1.82) is 0 Å². The Morgan fingerprint density at radius 2 is 0.790 bits per heavy atom. The van der Waals surface area contributed by atoms with Crippen LogP contribution in [0.3, 0.4) is 0 Å². The number of anilines is 2. The summed E-state index contributed by atoms with van der Waals surface area (Å²) in [5.74, 6) is 0.342. The third-order valence-electron chi connectivity index (χ3n) is 13.6. The van der Waals surface area contributed by atoms with E-state index in [0.717, 1.165) is 17.1 Å². The van der Waals surface area contributed by atoms with Gasteiger partial charge in [-0.15, -0.1) is 0 Å². The zero-order valence-electron chi connectivity index (χ0n) is 34.3. The molecule has 12 rings (SSSR count). The van der Waals surface area contributed by atoms with Gasteiger partial charge >= 0.3 is 0 Å². The van der Waals surface area contributed by atoms with Crippen LogP contribution in [0.15, 0.2) is 266 Å². The van der Waals surface area contributed by atoms with Crippen molar-refractivity contribution >= 4 is 11.4 Å². The molecule has 4 aliphatic rings. The second-order valence-electron chi connectivity index (χ2n) is 16.8. The standard InChI is InChI=1S/C61H43N/c1-5-19-42(20-6-1)46-33-37-59(52(39-46)44-23-9-3-10-24-44)62(60-38-34-47(43-21-7-2-8-22-43)40-53(60)45-25-11-4-12-26-45)48-35-36-58-54(41-48)51-29-15-18-32-57(51)61(58)55-30-16-13-27-49(55)50-28-14-17-31-56(50)61/h1-41,57-58H. The van der Waals surface area contributed by atoms with Gasteiger partial charge in [0.25, 0.3) is 0 Å². The Morgan fingerprint density at radius 3 is 1.31 bits per heavy atom. The fourth-order valence-corrected chi connectivity index (χ4v) is 11.0. The molecule has 0 fully saturated rings. The number of nitrogens with zero attached hydrogens (tertiary/aromatic N) is 1. The number of benzene rings is 8. The number of fused-ring (bicyclic) bond motifs is 9. The van der Waals surface area contributed by atoms with Gasteiger partial charge in [-0.2, -0.15) is 0 Å². The molecule has 0 amide bonds. The lowest BCUT2D eigenvalue weighted by Crippen LogP contribution is -2.38. The first-order valence-corrected chi connectivity index (χ1v) is 21.8. The first-order chi connectivity index (χ1) is 30.8. The summed E-state index contributed by atoms with van der Waals surface area (Å²) in [6, 6.07) is 75.6. The summed E-state index contributed by atoms with van der Waals surface area (Å²) in [6.45, 7) is 0. The van der Waals surface area contributed by atoms with Gasteiger partial charge in [0.1, 0.15) is 0 Å². The SMILES string of the molecule is C1=CC2=C3C=C(N(c4ccc(-c5ccccc5)cc4-c4ccccc4)c4ccc(-c5ccccc5)cc4-c4ccccc4)C=CC3C3(c4ccccc4-c4ccccc43)C2C=C1. The summed E-state index contributed by atoms with van der Waals surface area (Å²) in [7, 11) is 0. The van der Waals surface area contributed by atoms with Gasteiger partial charge < -0.3 is 4.90 Å². The third kappa shape index (κ3) is 5.62. The van der Waals surface area contributed by atoms with Crippen LogP contribution in [0, 0.1) is 11.8 Å². The maximum Gasteiger partial charge on any atom is 0.0540 e. The topological polar surface area (TPSA) is 3.24 Å². The monoisotopic (exact) mass is 789 g/mol. The van der Waals surface area contributed by atoms with E-state index in [1.807, 2.05) is 0 Å². The van der Waals surface area contributed by atoms with Crippen LogP contribution in [0.5, 0.6) is 0 Å². The second-order valence-corrected chi connectivity index (χ2v) is 16.8. The molecule has 62 heavy (non-hydrogen) atoms. The molecule has 8 aromatic rings. The average Bonchev–Trinajstić information content (AvgIpc) is 3.82. The minimum atomic E-state index is -0.248. The van der Waals surface area contributed by atoms with E-state index in [1.54, 1.807) is 0 Å². The smallest absolute Gasteiger partial charge is 0.0540 e. The van der Waals surface area contributed by atoms with E-state index in [1.165, 1.54) is 77.9 Å². The highest BCUT2D eigenvalue weighted by molar-refractivity contribution is 5.95. The molecule has 1 nitrogen and oxygen atoms in total. The quantitative estimate of drug-likeness (QED) is 0.155. The molecule has 0 saturated carbocycles. The van der Waals surface area contributed by atoms with Gasteiger partial charge in [-0.3, -0.25) is 0 Å². The average molecular weight is 790 g/mol. The Morgan fingerprint density at radius 1 is 0.339 bits per heavy atom. The van der Waals surface area contributed by atoms with Crippen LogP contribution >= 0.6 is 0 Å². The Bertz CT molecular complexity index is 2990. The molecule has 0 heterocycles. The fourth-order valence-electron chi connectivity index (χ4n) is 11.0. The molecule has 0 N–H and O–H groups in total. The number of hydrogen-bond acceptors (Lipinski definition) is 1. The Kier molecular flexibility index (Phi) is 8.61. The molecule has 0 saturated heterocycles. The van der Waals surface area contributed by atoms with Crippen molar-refractivity contribution in [2.45, 2.75) is 5.41 Å². The van der Waals surface area contributed by atoms with Crippen LogP contribution in [0.1, 0.15) is 11.1 Å². The molecular weight excluding hydrogens is 747 g/mol. The van der Waals surface area contributed by atoms with Gasteiger partial charge in [-0.05, 0) is 103 Å². The molecule has 292 valence electrons. The first kappa shape index (κ1) is 36.1. The molecule has 0 radical (unpaired) electrons. The number of allylic oxidation sites excluding steroid dienone is 9. The fraction of sp³-hybridized carbons (Fsp3) is 0.0492. The highest BCUT2D eigenvalue weighted by Gasteiger charge is 2.58. The molecule has 2 atom stereocenters. The van der Waals surface area contributed by atoms with Crippen LogP contribution in [0.25, 0.3) is 55.6 Å². The van der Waals surface area contributed by atoms with Gasteiger partial charge in [0.15, 0.2) is 0 Å². The highest BCUT2D eigenvalue weighted by atomic mass is 15.2. The third-order valence-corrected chi connectivity index (χ3v) is 13.6. The molecule has 2 unspecified atom stereocenters. The predicted octanol–water partition coefficient (Wildman–Crippen LogP) is 15.6. The molecular formula is C61H43N. The molecule has 4 aliphatic carbocycles. The van der Waals surface area contributed by atoms with Crippen LogP contribution in [-0.4, -0.2) is 0 Å². The first-order valence-electron chi connectivity index (χ1n) is 21.8. The maximum absolute atomic E-state index is 2.54. The van der Waals surface area contributed by atoms with Crippen LogP contribution in [0.2, 0.25) is 0 Å². The van der Waals surface area contributed by atoms with Crippen molar-refractivity contribution in [3.63, 3.8) is 0 Å². The zero-order valence-corrected chi connectivity index (χ0v) is 34.3. The Hall–Kier alpha value is -7.74. The van der Waals surface area contributed by atoms with Gasteiger partial charge in [0, 0.05) is 34.1 Å². The highest BCUT2D eigenvalue weighted by Crippen LogP contribution is 2.66. The Balaban J connectivity index is 1.12. The molecule has 8 aromatic carbocycles. The summed E-state index contributed by atoms with van der Waals surface area (Å²) in [5, 5.41) is 0. The van der Waals surface area contributed by atoms with Crippen molar-refractivity contribution < 1.29 is 0 Å². The minimum absolute atomic E-state index is 0.147. The van der Waals surface area contributed by atoms with Crippen LogP contribution in [0.4, 0.5) is 11.4 Å². The molecule has 1 heteroatoms. The van der Waals surface area contributed by atoms with Crippen molar-refractivity contribution in [3.05, 3.63) is 277 Å². The van der Waals surface area contributed by atoms with Gasteiger partial charge in [0.05, 0.1) is 11.4 Å². The van der Waals surface area contributed by atoms with E-state index >= 15 is 0 Å². The lowest BCUT2D eigenvalue weighted by Gasteiger charge is -2.40. The molecule has 1 spiro atoms. The van der Waals surface area contributed by atoms with E-state index in [4.69, 9.17) is 0 Å². The van der Waals surface area contributed by atoms with Crippen molar-refractivity contribution in [1.82, 2.24) is 0 Å². The number of hydrogen-bond donors (Lipinski definition) is 0. The lowest BCUT2D eigenvalue weighted by molar-refractivity contribution is 0.404. The number of rotatable bonds is 7. The minimum Gasteiger partial charge on any atom is -0.309 e. The molecule has 0 aromatic heterocycles. The van der Waals surface area contributed by atoms with Crippen LogP contribution in [-0.2, 0) is 5.41 Å². The Labute approximate surface area is 364 Å². The van der Waals surface area contributed by atoms with Crippen LogP contribution < -0.4 is 4.90 Å². The van der Waals surface area contributed by atoms with Crippen molar-refractivity contribution in [2.75, 3.05) is 4.90 Å². The van der Waals surface area contributed by atoms with Crippen molar-refractivity contribution in [2.24, 2.45) is 11.8 Å². The van der Waals surface area contributed by atoms with E-state index < -0.39 is 0 Å². The summed E-state index contributed by atoms with van der Waals surface area (Å²) in [4.78, 5) is 2.54. The second kappa shape index (κ2) is 14.8. The lowest BCUT2D eigenvalue weighted by atomic mass is 9.62. The van der Waals surface area contributed by atoms with E-state index in [2.05, 4.69) is 254 Å². The summed E-state index contributed by atoms with van der Waals surface area (Å²) < 4.78 is 0. The summed E-state index contributed by atoms with van der Waals surface area (Å²) in [6.07, 6.45) is 16.8. The van der Waals surface area contributed by atoms with Crippen molar-refractivity contribution in [3.8, 4) is 55.6 Å².